The van der Waals surface area contributed by atoms with E-state index in [2.05, 4.69) is 17.2 Å². The molecule has 1 saturated heterocycles. The normalized spacial score (nSPS) is 18.8. The third-order valence-corrected chi connectivity index (χ3v) is 7.41. The predicted octanol–water partition coefficient (Wildman–Crippen LogP) is 2.11. The van der Waals surface area contributed by atoms with Gasteiger partial charge in [-0.25, -0.2) is 8.42 Å². The van der Waals surface area contributed by atoms with E-state index < -0.39 is 33.9 Å². The molecule has 0 spiro atoms. The first-order chi connectivity index (χ1) is 15.8. The van der Waals surface area contributed by atoms with E-state index in [-0.39, 0.29) is 23.8 Å². The molecule has 10 heteroatoms. The number of amides is 2. The molecule has 3 aromatic rings. The van der Waals surface area contributed by atoms with Gasteiger partial charge < -0.3 is 20.2 Å². The molecular formula is C23H23N3O6S. The summed E-state index contributed by atoms with van der Waals surface area (Å²) in [5.74, 6) is -0.716. The predicted molar refractivity (Wildman–Crippen MR) is 122 cm³/mol. The van der Waals surface area contributed by atoms with E-state index in [4.69, 9.17) is 4.42 Å². The number of carbonyl (C=O) groups excluding carboxylic acids is 2. The Kier molecular flexibility index (Phi) is 6.32. The van der Waals surface area contributed by atoms with Gasteiger partial charge in [-0.15, -0.1) is 0 Å². The van der Waals surface area contributed by atoms with Crippen LogP contribution in [-0.4, -0.2) is 54.9 Å². The second kappa shape index (κ2) is 9.18. The Labute approximate surface area is 190 Å². The molecule has 2 amide bonds. The molecular weight excluding hydrogens is 446 g/mol. The van der Waals surface area contributed by atoms with Gasteiger partial charge in [0, 0.05) is 23.7 Å². The number of furan rings is 1. The number of anilines is 1. The molecule has 172 valence electrons. The topological polar surface area (TPSA) is 129 Å². The van der Waals surface area contributed by atoms with Crippen LogP contribution in [0.25, 0.3) is 11.0 Å². The van der Waals surface area contributed by atoms with E-state index >= 15 is 0 Å². The minimum absolute atomic E-state index is 0.0124. The Hall–Kier alpha value is -3.47. The number of nitrogens with one attached hydrogen (secondary N) is 2. The molecule has 0 bridgehead atoms. The SMILES string of the molecule is C=CC(=O)NC1CC(CO)N(S(=O)(=O)c2ccc(NC(=O)c3cc4ccccc4o3)cc2)C1. The first-order valence-corrected chi connectivity index (χ1v) is 11.7. The zero-order chi connectivity index (χ0) is 23.6. The number of benzene rings is 2. The summed E-state index contributed by atoms with van der Waals surface area (Å²) in [6.45, 7) is 3.06. The second-order valence-corrected chi connectivity index (χ2v) is 9.57. The number of aliphatic hydroxyl groups is 1. The van der Waals surface area contributed by atoms with E-state index in [0.29, 0.717) is 17.7 Å². The lowest BCUT2D eigenvalue weighted by Crippen LogP contribution is -2.39. The van der Waals surface area contributed by atoms with E-state index in [9.17, 15) is 23.1 Å². The number of rotatable bonds is 7. The molecule has 9 nitrogen and oxygen atoms in total. The Bertz CT molecular complexity index is 1270. The second-order valence-electron chi connectivity index (χ2n) is 7.68. The van der Waals surface area contributed by atoms with Crippen LogP contribution < -0.4 is 10.6 Å². The largest absolute Gasteiger partial charge is 0.451 e. The minimum atomic E-state index is -3.93. The fourth-order valence-electron chi connectivity index (χ4n) is 3.84. The minimum Gasteiger partial charge on any atom is -0.451 e. The molecule has 33 heavy (non-hydrogen) atoms. The number of nitrogens with zero attached hydrogens (tertiary/aromatic N) is 1. The molecule has 0 radical (unpaired) electrons. The van der Waals surface area contributed by atoms with Crippen LogP contribution >= 0.6 is 0 Å². The molecule has 1 aliphatic heterocycles. The van der Waals surface area contributed by atoms with Crippen LogP contribution in [0.3, 0.4) is 0 Å². The Morgan fingerprint density at radius 1 is 1.18 bits per heavy atom. The van der Waals surface area contributed by atoms with Crippen molar-refractivity contribution in [2.24, 2.45) is 0 Å². The van der Waals surface area contributed by atoms with E-state index in [1.54, 1.807) is 12.1 Å². The number of para-hydroxylation sites is 1. The summed E-state index contributed by atoms with van der Waals surface area (Å²) in [5.41, 5.74) is 0.992. The first-order valence-electron chi connectivity index (χ1n) is 10.3. The molecule has 0 saturated carbocycles. The highest BCUT2D eigenvalue weighted by Gasteiger charge is 2.40. The number of fused-ring (bicyclic) bond motifs is 1. The lowest BCUT2D eigenvalue weighted by atomic mass is 10.2. The van der Waals surface area contributed by atoms with Crippen LogP contribution in [-0.2, 0) is 14.8 Å². The molecule has 3 N–H and O–H groups in total. The fourth-order valence-corrected chi connectivity index (χ4v) is 5.52. The van der Waals surface area contributed by atoms with Crippen molar-refractivity contribution in [3.8, 4) is 0 Å². The number of carbonyl (C=O) groups is 2. The van der Waals surface area contributed by atoms with Gasteiger partial charge in [-0.3, -0.25) is 9.59 Å². The Morgan fingerprint density at radius 3 is 2.58 bits per heavy atom. The van der Waals surface area contributed by atoms with Crippen LogP contribution in [0.1, 0.15) is 17.0 Å². The molecule has 4 rings (SSSR count). The zero-order valence-corrected chi connectivity index (χ0v) is 18.4. The van der Waals surface area contributed by atoms with Crippen molar-refractivity contribution in [1.82, 2.24) is 9.62 Å². The summed E-state index contributed by atoms with van der Waals surface area (Å²) in [4.78, 5) is 24.1. The zero-order valence-electron chi connectivity index (χ0n) is 17.6. The highest BCUT2D eigenvalue weighted by molar-refractivity contribution is 7.89. The van der Waals surface area contributed by atoms with Crippen LogP contribution in [0, 0.1) is 0 Å². The van der Waals surface area contributed by atoms with Crippen molar-refractivity contribution >= 4 is 38.5 Å². The molecule has 1 aliphatic rings. The van der Waals surface area contributed by atoms with E-state index in [1.807, 2.05) is 18.2 Å². The molecule has 2 heterocycles. The van der Waals surface area contributed by atoms with Gasteiger partial charge in [0.15, 0.2) is 5.76 Å². The lowest BCUT2D eigenvalue weighted by molar-refractivity contribution is -0.117. The van der Waals surface area contributed by atoms with Crippen LogP contribution in [0.5, 0.6) is 0 Å². The van der Waals surface area contributed by atoms with Crippen molar-refractivity contribution in [3.05, 3.63) is 73.0 Å². The van der Waals surface area contributed by atoms with Gasteiger partial charge in [-0.2, -0.15) is 4.31 Å². The molecule has 2 atom stereocenters. The van der Waals surface area contributed by atoms with Gasteiger partial charge in [0.1, 0.15) is 5.58 Å². The van der Waals surface area contributed by atoms with Gasteiger partial charge in [0.05, 0.1) is 17.5 Å². The summed E-state index contributed by atoms with van der Waals surface area (Å²) >= 11 is 0. The highest BCUT2D eigenvalue weighted by atomic mass is 32.2. The molecule has 1 aromatic heterocycles. The van der Waals surface area contributed by atoms with Crippen LogP contribution in [0.4, 0.5) is 5.69 Å². The van der Waals surface area contributed by atoms with Gasteiger partial charge in [-0.1, -0.05) is 24.8 Å². The smallest absolute Gasteiger partial charge is 0.291 e. The van der Waals surface area contributed by atoms with Gasteiger partial charge in [-0.05, 0) is 48.9 Å². The van der Waals surface area contributed by atoms with E-state index in [0.717, 1.165) is 11.5 Å². The van der Waals surface area contributed by atoms with Gasteiger partial charge in [0.2, 0.25) is 15.9 Å². The molecule has 2 unspecified atom stereocenters. The van der Waals surface area contributed by atoms with Crippen molar-refractivity contribution in [3.63, 3.8) is 0 Å². The number of aliphatic hydroxyl groups excluding tert-OH is 1. The molecule has 0 aliphatic carbocycles. The third kappa shape index (κ3) is 4.68. The summed E-state index contributed by atoms with van der Waals surface area (Å²) in [6.07, 6.45) is 1.41. The quantitative estimate of drug-likeness (QED) is 0.455. The Balaban J connectivity index is 1.47. The summed E-state index contributed by atoms with van der Waals surface area (Å²) < 4.78 is 33.0. The third-order valence-electron chi connectivity index (χ3n) is 5.47. The fraction of sp³-hybridized carbons (Fsp3) is 0.217. The molecule has 1 fully saturated rings. The van der Waals surface area contributed by atoms with Crippen molar-refractivity contribution in [1.29, 1.82) is 0 Å². The van der Waals surface area contributed by atoms with Crippen LogP contribution in [0.15, 0.2) is 76.6 Å². The summed E-state index contributed by atoms with van der Waals surface area (Å²) in [7, 11) is -3.93. The van der Waals surface area contributed by atoms with Crippen molar-refractivity contribution in [2.75, 3.05) is 18.5 Å². The first kappa shape index (κ1) is 22.7. The lowest BCUT2D eigenvalue weighted by Gasteiger charge is -2.22. The van der Waals surface area contributed by atoms with Crippen molar-refractivity contribution < 1.29 is 27.5 Å². The van der Waals surface area contributed by atoms with Gasteiger partial charge in [0.25, 0.3) is 5.91 Å². The summed E-state index contributed by atoms with van der Waals surface area (Å²) in [5, 5.41) is 15.8. The molecule has 2 aromatic carbocycles. The highest BCUT2D eigenvalue weighted by Crippen LogP contribution is 2.27. The summed E-state index contributed by atoms with van der Waals surface area (Å²) in [6, 6.07) is 13.5. The standard InChI is InChI=1S/C23H23N3O6S/c1-2-22(28)24-17-12-18(14-27)26(13-17)33(30,31)19-9-7-16(8-10-19)25-23(29)21-11-15-5-3-4-6-20(15)32-21/h2-11,17-18,27H,1,12-14H2,(H,24,28)(H,25,29). The Morgan fingerprint density at radius 2 is 1.91 bits per heavy atom. The van der Waals surface area contributed by atoms with Gasteiger partial charge >= 0.3 is 0 Å². The maximum absolute atomic E-state index is 13.1. The number of sulfonamides is 1. The average Bonchev–Trinajstić information content (AvgIpc) is 3.43. The number of hydrogen-bond donors (Lipinski definition) is 3. The van der Waals surface area contributed by atoms with E-state index in [1.165, 1.54) is 28.6 Å². The number of hydrogen-bond acceptors (Lipinski definition) is 6. The maximum atomic E-state index is 13.1. The van der Waals surface area contributed by atoms with Crippen LogP contribution in [0.2, 0.25) is 0 Å². The monoisotopic (exact) mass is 469 g/mol. The van der Waals surface area contributed by atoms with Crippen molar-refractivity contribution in [2.45, 2.75) is 23.4 Å². The average molecular weight is 470 g/mol. The maximum Gasteiger partial charge on any atom is 0.291 e.